The summed E-state index contributed by atoms with van der Waals surface area (Å²) in [5, 5.41) is 14.8. The van der Waals surface area contributed by atoms with E-state index in [-0.39, 0.29) is 6.61 Å². The first kappa shape index (κ1) is 24.3. The molecule has 2 amide bonds. The molecule has 0 radical (unpaired) electrons. The highest BCUT2D eigenvalue weighted by molar-refractivity contribution is 6.34. The number of rotatable bonds is 8. The lowest BCUT2D eigenvalue weighted by Crippen LogP contribution is -2.34. The molecule has 1 unspecified atom stereocenters. The Kier molecular flexibility index (Phi) is 7.21. The quantitative estimate of drug-likeness (QED) is 0.248. The number of aliphatic carboxylic acids is 1. The van der Waals surface area contributed by atoms with Crippen LogP contribution in [0.15, 0.2) is 48.5 Å². The van der Waals surface area contributed by atoms with Crippen LogP contribution >= 0.6 is 11.6 Å². The average Bonchev–Trinajstić information content (AvgIpc) is 3.17. The fraction of sp³-hybridized carbons (Fsp3) is 0.0952. The number of esters is 1. The minimum absolute atomic E-state index is 0.142. The summed E-state index contributed by atoms with van der Waals surface area (Å²) in [6.45, 7) is -0.142. The number of primary amides is 1. The zero-order valence-corrected chi connectivity index (χ0v) is 17.8. The van der Waals surface area contributed by atoms with Crippen molar-refractivity contribution in [2.75, 3.05) is 5.32 Å². The van der Waals surface area contributed by atoms with E-state index >= 15 is 0 Å². The first-order valence-corrected chi connectivity index (χ1v) is 9.75. The van der Waals surface area contributed by atoms with Crippen molar-refractivity contribution in [1.82, 2.24) is 9.78 Å². The molecule has 1 atom stereocenters. The Labute approximate surface area is 194 Å². The second-order valence-electron chi connectivity index (χ2n) is 6.76. The second kappa shape index (κ2) is 10.1. The number of halogens is 3. The molecular formula is C21H15ClF2N4O6. The fourth-order valence-electron chi connectivity index (χ4n) is 2.81. The number of carbonyl (C=O) groups excluding carboxylic acids is 3. The highest BCUT2D eigenvalue weighted by Crippen LogP contribution is 2.23. The molecule has 1 aromatic heterocycles. The molecule has 0 spiro atoms. The number of hydrogen-bond acceptors (Lipinski definition) is 6. The van der Waals surface area contributed by atoms with Gasteiger partial charge in [0.1, 0.15) is 12.4 Å². The molecule has 0 aliphatic rings. The van der Waals surface area contributed by atoms with E-state index in [1.807, 2.05) is 0 Å². The van der Waals surface area contributed by atoms with Crippen molar-refractivity contribution in [2.45, 2.75) is 12.6 Å². The number of nitrogens with one attached hydrogen (secondary N) is 1. The maximum Gasteiger partial charge on any atom is 0.359 e. The number of nitrogens with zero attached hydrogens (tertiary/aromatic N) is 2. The summed E-state index contributed by atoms with van der Waals surface area (Å²) in [5.74, 6) is -8.34. The van der Waals surface area contributed by atoms with Crippen molar-refractivity contribution < 1.29 is 37.8 Å². The van der Waals surface area contributed by atoms with E-state index in [2.05, 4.69) is 10.4 Å². The highest BCUT2D eigenvalue weighted by Gasteiger charge is 2.32. The van der Waals surface area contributed by atoms with Crippen LogP contribution in [0.1, 0.15) is 32.5 Å². The normalized spacial score (nSPS) is 11.5. The molecule has 3 aromatic rings. The van der Waals surface area contributed by atoms with Crippen molar-refractivity contribution in [3.63, 3.8) is 0 Å². The minimum atomic E-state index is -2.12. The summed E-state index contributed by atoms with van der Waals surface area (Å²) in [6.07, 6.45) is 0. The first-order valence-electron chi connectivity index (χ1n) is 9.37. The zero-order valence-electron chi connectivity index (χ0n) is 17.0. The zero-order chi connectivity index (χ0) is 25.0. The lowest BCUT2D eigenvalue weighted by Gasteiger charge is -2.14. The number of carboxylic acids is 1. The number of hydrogen-bond donors (Lipinski definition) is 3. The first-order chi connectivity index (χ1) is 16.1. The minimum Gasteiger partial charge on any atom is -0.479 e. The number of aromatic nitrogens is 2. The molecular weight excluding hydrogens is 478 g/mol. The van der Waals surface area contributed by atoms with Crippen molar-refractivity contribution in [3.05, 3.63) is 82.0 Å². The Morgan fingerprint density at radius 2 is 1.76 bits per heavy atom. The number of nitrogens with two attached hydrogens (primary N) is 1. The van der Waals surface area contributed by atoms with Crippen molar-refractivity contribution in [2.24, 2.45) is 5.73 Å². The predicted molar refractivity (Wildman–Crippen MR) is 113 cm³/mol. The maximum atomic E-state index is 13.6. The predicted octanol–water partition coefficient (Wildman–Crippen LogP) is 2.54. The van der Waals surface area contributed by atoms with Crippen molar-refractivity contribution in [3.8, 4) is 0 Å². The van der Waals surface area contributed by atoms with E-state index in [9.17, 15) is 33.1 Å². The van der Waals surface area contributed by atoms with Crippen LogP contribution in [0.4, 0.5) is 14.6 Å². The van der Waals surface area contributed by atoms with Gasteiger partial charge in [0.2, 0.25) is 6.04 Å². The van der Waals surface area contributed by atoms with Gasteiger partial charge in [-0.25, -0.2) is 23.1 Å². The Hall–Kier alpha value is -4.32. The fourth-order valence-corrected chi connectivity index (χ4v) is 3.04. The van der Waals surface area contributed by atoms with Crippen LogP contribution in [0.2, 0.25) is 5.02 Å². The van der Waals surface area contributed by atoms with Gasteiger partial charge in [0.15, 0.2) is 17.3 Å². The number of anilines is 1. The Balaban J connectivity index is 1.94. The van der Waals surface area contributed by atoms with E-state index in [1.54, 1.807) is 30.3 Å². The van der Waals surface area contributed by atoms with Gasteiger partial charge in [-0.15, -0.1) is 0 Å². The third-order valence-corrected chi connectivity index (χ3v) is 4.71. The summed E-state index contributed by atoms with van der Waals surface area (Å²) < 4.78 is 32.5. The monoisotopic (exact) mass is 492 g/mol. The standard InChI is InChI=1S/C21H15ClF2N4O6/c22-12-7-14(24)13(23)6-11(12)19(30)26-16-8-15(27-28(16)17(18(25)29)20(31)32)21(33)34-9-10-4-2-1-3-5-10/h1-8,17H,9H2,(H2,25,29)(H,26,30)(H,31,32). The molecule has 1 heterocycles. The van der Waals surface area contributed by atoms with Crippen LogP contribution in [0.3, 0.4) is 0 Å². The van der Waals surface area contributed by atoms with Crippen LogP contribution < -0.4 is 11.1 Å². The van der Waals surface area contributed by atoms with E-state index in [0.717, 1.165) is 6.07 Å². The molecule has 3 rings (SSSR count). The van der Waals surface area contributed by atoms with Gasteiger partial charge in [0.05, 0.1) is 10.6 Å². The average molecular weight is 493 g/mol. The van der Waals surface area contributed by atoms with Gasteiger partial charge in [-0.2, -0.15) is 5.10 Å². The molecule has 4 N–H and O–H groups in total. The Bertz CT molecular complexity index is 1270. The third kappa shape index (κ3) is 5.35. The van der Waals surface area contributed by atoms with Gasteiger partial charge >= 0.3 is 11.9 Å². The summed E-state index contributed by atoms with van der Waals surface area (Å²) in [5.41, 5.74) is 4.82. The Morgan fingerprint density at radius 1 is 1.12 bits per heavy atom. The highest BCUT2D eigenvalue weighted by atomic mass is 35.5. The number of amides is 2. The maximum absolute atomic E-state index is 13.6. The SMILES string of the molecule is NC(=O)C(C(=O)O)n1nc(C(=O)OCc2ccccc2)cc1NC(=O)c1cc(F)c(F)cc1Cl. The molecule has 10 nitrogen and oxygen atoms in total. The van der Waals surface area contributed by atoms with Crippen LogP contribution in [0.5, 0.6) is 0 Å². The number of ether oxygens (including phenoxy) is 1. The van der Waals surface area contributed by atoms with Crippen molar-refractivity contribution in [1.29, 1.82) is 0 Å². The smallest absolute Gasteiger partial charge is 0.359 e. The molecule has 34 heavy (non-hydrogen) atoms. The summed E-state index contributed by atoms with van der Waals surface area (Å²) in [4.78, 5) is 48.3. The largest absolute Gasteiger partial charge is 0.479 e. The lowest BCUT2D eigenvalue weighted by atomic mass is 10.2. The lowest BCUT2D eigenvalue weighted by molar-refractivity contribution is -0.145. The van der Waals surface area contributed by atoms with E-state index in [0.29, 0.717) is 22.4 Å². The molecule has 176 valence electrons. The van der Waals surface area contributed by atoms with Gasteiger partial charge in [-0.05, 0) is 17.7 Å². The summed E-state index contributed by atoms with van der Waals surface area (Å²) in [6, 6.07) is 8.48. The third-order valence-electron chi connectivity index (χ3n) is 4.40. The molecule has 0 fully saturated rings. The molecule has 0 saturated carbocycles. The van der Waals surface area contributed by atoms with Gasteiger partial charge in [0.25, 0.3) is 11.8 Å². The summed E-state index contributed by atoms with van der Waals surface area (Å²) >= 11 is 5.79. The van der Waals surface area contributed by atoms with Gasteiger partial charge in [-0.1, -0.05) is 41.9 Å². The second-order valence-corrected chi connectivity index (χ2v) is 7.17. The van der Waals surface area contributed by atoms with Crippen molar-refractivity contribution >= 4 is 41.2 Å². The molecule has 0 aliphatic carbocycles. The molecule has 0 aliphatic heterocycles. The van der Waals surface area contributed by atoms with Crippen LogP contribution in [0.25, 0.3) is 0 Å². The topological polar surface area (TPSA) is 154 Å². The van der Waals surface area contributed by atoms with E-state index in [4.69, 9.17) is 22.1 Å². The Morgan fingerprint density at radius 3 is 2.38 bits per heavy atom. The van der Waals surface area contributed by atoms with E-state index < -0.39 is 63.5 Å². The molecule has 13 heteroatoms. The van der Waals surface area contributed by atoms with Gasteiger partial charge < -0.3 is 20.9 Å². The number of benzene rings is 2. The van der Waals surface area contributed by atoms with Gasteiger partial charge in [0, 0.05) is 6.07 Å². The molecule has 0 saturated heterocycles. The van der Waals surface area contributed by atoms with Crippen LogP contribution in [-0.4, -0.2) is 38.6 Å². The number of carboxylic acid groups (broad SMARTS) is 1. The van der Waals surface area contributed by atoms with Gasteiger partial charge in [-0.3, -0.25) is 9.59 Å². The van der Waals surface area contributed by atoms with Crippen LogP contribution in [0, 0.1) is 11.6 Å². The molecule has 2 aromatic carbocycles. The van der Waals surface area contributed by atoms with Crippen LogP contribution in [-0.2, 0) is 20.9 Å². The summed E-state index contributed by atoms with van der Waals surface area (Å²) in [7, 11) is 0. The van der Waals surface area contributed by atoms with E-state index in [1.165, 1.54) is 0 Å². The number of carbonyl (C=O) groups is 4. The molecule has 0 bridgehead atoms.